The maximum atomic E-state index is 12.5. The van der Waals surface area contributed by atoms with Crippen molar-refractivity contribution in [1.82, 2.24) is 19.7 Å². The predicted molar refractivity (Wildman–Crippen MR) is 97.4 cm³/mol. The van der Waals surface area contributed by atoms with Gasteiger partial charge in [0.2, 0.25) is 11.7 Å². The maximum absolute atomic E-state index is 12.5. The molecule has 1 atom stereocenters. The van der Waals surface area contributed by atoms with Gasteiger partial charge < -0.3 is 14.8 Å². The summed E-state index contributed by atoms with van der Waals surface area (Å²) in [6.07, 6.45) is 6.42. The topological polar surface area (TPSA) is 77.8 Å². The van der Waals surface area contributed by atoms with Gasteiger partial charge in [0.1, 0.15) is 11.5 Å². The highest BCUT2D eigenvalue weighted by atomic mass is 16.5. The van der Waals surface area contributed by atoms with Gasteiger partial charge in [0.15, 0.2) is 0 Å². The number of rotatable bonds is 7. The van der Waals surface area contributed by atoms with Gasteiger partial charge in [-0.25, -0.2) is 9.97 Å². The molecule has 7 heteroatoms. The molecule has 0 aliphatic rings. The number of imidazole rings is 1. The Kier molecular flexibility index (Phi) is 5.36. The molecule has 2 heterocycles. The van der Waals surface area contributed by atoms with Crippen molar-refractivity contribution < 1.29 is 14.3 Å². The van der Waals surface area contributed by atoms with Gasteiger partial charge in [-0.15, -0.1) is 0 Å². The van der Waals surface area contributed by atoms with E-state index in [1.54, 1.807) is 26.5 Å². The first kappa shape index (κ1) is 17.7. The van der Waals surface area contributed by atoms with Gasteiger partial charge in [-0.3, -0.25) is 9.20 Å². The Morgan fingerprint density at radius 2 is 2.15 bits per heavy atom. The lowest BCUT2D eigenvalue weighted by atomic mass is 10.1. The highest BCUT2D eigenvalue weighted by Gasteiger charge is 2.18. The molecular formula is C19H22N4O3. The molecule has 1 N–H and O–H groups in total. The van der Waals surface area contributed by atoms with E-state index >= 15 is 0 Å². The molecule has 3 aromatic rings. The van der Waals surface area contributed by atoms with Crippen molar-refractivity contribution in [1.29, 1.82) is 0 Å². The predicted octanol–water partition coefficient (Wildman–Crippen LogP) is 2.56. The number of carbonyl (C=O) groups is 1. The maximum Gasteiger partial charge on any atom is 0.233 e. The molecule has 3 rings (SSSR count). The fourth-order valence-electron chi connectivity index (χ4n) is 2.82. The Hall–Kier alpha value is -3.09. The van der Waals surface area contributed by atoms with E-state index in [4.69, 9.17) is 9.47 Å². The van der Waals surface area contributed by atoms with Crippen molar-refractivity contribution in [2.24, 2.45) is 0 Å². The lowest BCUT2D eigenvalue weighted by molar-refractivity contribution is -0.121. The molecule has 0 aliphatic carbocycles. The minimum Gasteiger partial charge on any atom is -0.497 e. The van der Waals surface area contributed by atoms with E-state index in [0.717, 1.165) is 17.7 Å². The molecule has 1 amide bonds. The van der Waals surface area contributed by atoms with Crippen LogP contribution in [0.5, 0.6) is 11.5 Å². The van der Waals surface area contributed by atoms with Crippen LogP contribution in [-0.2, 0) is 11.2 Å². The molecule has 26 heavy (non-hydrogen) atoms. The molecule has 0 saturated carbocycles. The summed E-state index contributed by atoms with van der Waals surface area (Å²) in [6.45, 7) is 2.01. The van der Waals surface area contributed by atoms with Crippen LogP contribution < -0.4 is 14.8 Å². The van der Waals surface area contributed by atoms with Gasteiger partial charge in [0, 0.05) is 30.2 Å². The first-order valence-corrected chi connectivity index (χ1v) is 8.44. The second-order valence-electron chi connectivity index (χ2n) is 5.88. The van der Waals surface area contributed by atoms with E-state index < -0.39 is 0 Å². The minimum absolute atomic E-state index is 0.0923. The highest BCUT2D eigenvalue weighted by Crippen LogP contribution is 2.25. The first-order valence-electron chi connectivity index (χ1n) is 8.44. The number of fused-ring (bicyclic) bond motifs is 1. The van der Waals surface area contributed by atoms with Gasteiger partial charge in [-0.2, -0.15) is 0 Å². The number of nitrogens with zero attached hydrogens (tertiary/aromatic N) is 3. The van der Waals surface area contributed by atoms with E-state index in [2.05, 4.69) is 15.3 Å². The van der Waals surface area contributed by atoms with Crippen LogP contribution in [0.3, 0.4) is 0 Å². The number of aromatic nitrogens is 3. The van der Waals surface area contributed by atoms with Gasteiger partial charge in [-0.1, -0.05) is 13.0 Å². The molecular weight excluding hydrogens is 332 g/mol. The molecule has 0 aliphatic heterocycles. The third-order valence-corrected chi connectivity index (χ3v) is 4.20. The summed E-state index contributed by atoms with van der Waals surface area (Å²) >= 11 is 0. The van der Waals surface area contributed by atoms with Crippen LogP contribution in [0.15, 0.2) is 42.9 Å². The Morgan fingerprint density at radius 3 is 2.85 bits per heavy atom. The van der Waals surface area contributed by atoms with Crippen LogP contribution in [0.1, 0.15) is 30.6 Å². The summed E-state index contributed by atoms with van der Waals surface area (Å²) in [7, 11) is 3.17. The average molecular weight is 354 g/mol. The normalized spacial score (nSPS) is 12.0. The van der Waals surface area contributed by atoms with E-state index in [9.17, 15) is 4.79 Å². The molecule has 136 valence electrons. The molecule has 0 radical (unpaired) electrons. The number of hydrogen-bond acceptors (Lipinski definition) is 5. The Bertz CT molecular complexity index is 874. The number of benzene rings is 1. The lowest BCUT2D eigenvalue weighted by Crippen LogP contribution is -2.29. The Labute approximate surface area is 152 Å². The molecule has 0 spiro atoms. The summed E-state index contributed by atoms with van der Waals surface area (Å²) < 4.78 is 12.4. The van der Waals surface area contributed by atoms with Crippen LogP contribution in [0, 0.1) is 0 Å². The number of carbonyl (C=O) groups excluding carboxylic acids is 1. The minimum atomic E-state index is -0.173. The third-order valence-electron chi connectivity index (χ3n) is 4.20. The van der Waals surface area contributed by atoms with E-state index in [1.807, 2.05) is 41.9 Å². The summed E-state index contributed by atoms with van der Waals surface area (Å²) in [5.41, 5.74) is 1.60. The zero-order valence-corrected chi connectivity index (χ0v) is 15.1. The fraction of sp³-hybridized carbons (Fsp3) is 0.316. The second-order valence-corrected chi connectivity index (χ2v) is 5.88. The van der Waals surface area contributed by atoms with Crippen molar-refractivity contribution in [2.75, 3.05) is 14.2 Å². The second kappa shape index (κ2) is 7.86. The van der Waals surface area contributed by atoms with Gasteiger partial charge in [0.25, 0.3) is 0 Å². The SMILES string of the molecule is CC[C@H](NC(=O)Cc1ccc(OC)cc1OC)c1cn2cccnc2n1. The van der Waals surface area contributed by atoms with Crippen molar-refractivity contribution in [3.63, 3.8) is 0 Å². The van der Waals surface area contributed by atoms with Crippen LogP contribution in [0.4, 0.5) is 0 Å². The summed E-state index contributed by atoms with van der Waals surface area (Å²) in [6, 6.07) is 7.10. The van der Waals surface area contributed by atoms with E-state index in [1.165, 1.54) is 0 Å². The monoisotopic (exact) mass is 354 g/mol. The Balaban J connectivity index is 1.73. The fourth-order valence-corrected chi connectivity index (χ4v) is 2.82. The Morgan fingerprint density at radius 1 is 1.31 bits per heavy atom. The van der Waals surface area contributed by atoms with Gasteiger partial charge >= 0.3 is 0 Å². The number of methoxy groups -OCH3 is 2. The van der Waals surface area contributed by atoms with Crippen LogP contribution >= 0.6 is 0 Å². The average Bonchev–Trinajstić information content (AvgIpc) is 3.10. The number of ether oxygens (including phenoxy) is 2. The number of amides is 1. The smallest absolute Gasteiger partial charge is 0.233 e. The molecule has 0 bridgehead atoms. The number of nitrogens with one attached hydrogen (secondary N) is 1. The summed E-state index contributed by atoms with van der Waals surface area (Å²) in [4.78, 5) is 21.3. The van der Waals surface area contributed by atoms with Crippen LogP contribution in [-0.4, -0.2) is 34.5 Å². The van der Waals surface area contributed by atoms with Gasteiger partial charge in [0.05, 0.1) is 32.4 Å². The van der Waals surface area contributed by atoms with E-state index in [0.29, 0.717) is 17.3 Å². The van der Waals surface area contributed by atoms with Crippen molar-refractivity contribution in [3.8, 4) is 11.5 Å². The van der Waals surface area contributed by atoms with Gasteiger partial charge in [-0.05, 0) is 18.6 Å². The van der Waals surface area contributed by atoms with Crippen molar-refractivity contribution >= 4 is 11.7 Å². The first-order chi connectivity index (χ1) is 12.6. The lowest BCUT2D eigenvalue weighted by Gasteiger charge is -2.16. The molecule has 0 saturated heterocycles. The third kappa shape index (κ3) is 3.77. The number of hydrogen-bond donors (Lipinski definition) is 1. The zero-order chi connectivity index (χ0) is 18.5. The molecule has 0 fully saturated rings. The standard InChI is InChI=1S/C19H22N4O3/c1-4-15(16-12-23-9-5-8-20-19(23)22-16)21-18(24)10-13-6-7-14(25-2)11-17(13)26-3/h5-9,11-12,15H,4,10H2,1-3H3,(H,21,24)/t15-/m0/s1. The highest BCUT2D eigenvalue weighted by molar-refractivity contribution is 5.79. The van der Waals surface area contributed by atoms with Crippen molar-refractivity contribution in [2.45, 2.75) is 25.8 Å². The summed E-state index contributed by atoms with van der Waals surface area (Å²) in [5.74, 6) is 1.84. The van der Waals surface area contributed by atoms with Crippen LogP contribution in [0.25, 0.3) is 5.78 Å². The molecule has 0 unspecified atom stereocenters. The largest absolute Gasteiger partial charge is 0.497 e. The molecule has 7 nitrogen and oxygen atoms in total. The van der Waals surface area contributed by atoms with Crippen LogP contribution in [0.2, 0.25) is 0 Å². The van der Waals surface area contributed by atoms with Crippen molar-refractivity contribution in [3.05, 3.63) is 54.1 Å². The quantitative estimate of drug-likeness (QED) is 0.705. The molecule has 2 aromatic heterocycles. The molecule has 1 aromatic carbocycles. The zero-order valence-electron chi connectivity index (χ0n) is 15.1. The van der Waals surface area contributed by atoms with E-state index in [-0.39, 0.29) is 18.4 Å². The summed E-state index contributed by atoms with van der Waals surface area (Å²) in [5, 5.41) is 3.04.